The fourth-order valence-corrected chi connectivity index (χ4v) is 5.07. The molecule has 0 bridgehead atoms. The van der Waals surface area contributed by atoms with E-state index in [1.165, 1.54) is 12.8 Å². The Labute approximate surface area is 98.2 Å². The van der Waals surface area contributed by atoms with Gasteiger partial charge in [-0.3, -0.25) is 4.79 Å². The largest absolute Gasteiger partial charge is 0.355 e. The Bertz CT molecular complexity index is 338. The van der Waals surface area contributed by atoms with E-state index in [9.17, 15) is 4.79 Å². The molecular weight excluding hydrogens is 198 g/mol. The molecule has 0 aromatic carbocycles. The van der Waals surface area contributed by atoms with Crippen LogP contribution in [0.25, 0.3) is 0 Å². The summed E-state index contributed by atoms with van der Waals surface area (Å²) in [6, 6.07) is 0. The summed E-state index contributed by atoms with van der Waals surface area (Å²) in [5.74, 6) is 2.57. The monoisotopic (exact) mass is 221 g/mol. The van der Waals surface area contributed by atoms with E-state index in [0.717, 1.165) is 31.2 Å². The summed E-state index contributed by atoms with van der Waals surface area (Å²) < 4.78 is 0. The molecule has 4 atom stereocenters. The third-order valence-electron chi connectivity index (χ3n) is 5.89. The Kier molecular flexibility index (Phi) is 2.01. The van der Waals surface area contributed by atoms with Crippen LogP contribution < -0.4 is 5.32 Å². The molecule has 0 aromatic rings. The molecule has 1 N–H and O–H groups in total. The van der Waals surface area contributed by atoms with Gasteiger partial charge >= 0.3 is 0 Å². The SMILES string of the molecule is CC(C)C[C@@]12CC3CCC(CNC1=O)[C@]32C. The van der Waals surface area contributed by atoms with E-state index in [4.69, 9.17) is 0 Å². The Balaban J connectivity index is 1.98. The molecule has 1 saturated heterocycles. The molecule has 2 nitrogen and oxygen atoms in total. The highest BCUT2D eigenvalue weighted by Gasteiger charge is 2.72. The van der Waals surface area contributed by atoms with E-state index in [-0.39, 0.29) is 5.41 Å². The zero-order valence-corrected chi connectivity index (χ0v) is 10.7. The highest BCUT2D eigenvalue weighted by molar-refractivity contribution is 5.86. The topological polar surface area (TPSA) is 29.1 Å². The van der Waals surface area contributed by atoms with E-state index in [0.29, 0.717) is 17.2 Å². The van der Waals surface area contributed by atoms with E-state index in [2.05, 4.69) is 26.1 Å². The molecule has 1 aliphatic heterocycles. The molecule has 3 aliphatic rings. The van der Waals surface area contributed by atoms with Gasteiger partial charge in [0.1, 0.15) is 0 Å². The van der Waals surface area contributed by atoms with Crippen molar-refractivity contribution in [2.45, 2.75) is 46.5 Å². The van der Waals surface area contributed by atoms with Crippen molar-refractivity contribution in [1.82, 2.24) is 5.32 Å². The van der Waals surface area contributed by atoms with Crippen LogP contribution >= 0.6 is 0 Å². The molecule has 2 aliphatic carbocycles. The number of amides is 1. The zero-order chi connectivity index (χ0) is 11.6. The van der Waals surface area contributed by atoms with Gasteiger partial charge in [-0.1, -0.05) is 20.8 Å². The smallest absolute Gasteiger partial charge is 0.226 e. The van der Waals surface area contributed by atoms with Crippen molar-refractivity contribution in [2.24, 2.45) is 28.6 Å². The second-order valence-corrected chi connectivity index (χ2v) is 6.85. The lowest BCUT2D eigenvalue weighted by molar-refractivity contribution is -0.189. The number of hydrogen-bond donors (Lipinski definition) is 1. The first-order valence-electron chi connectivity index (χ1n) is 6.79. The van der Waals surface area contributed by atoms with Gasteiger partial charge in [0.05, 0.1) is 5.41 Å². The molecule has 3 fully saturated rings. The normalized spacial score (nSPS) is 49.9. The summed E-state index contributed by atoms with van der Waals surface area (Å²) >= 11 is 0. The van der Waals surface area contributed by atoms with E-state index >= 15 is 0 Å². The number of carbonyl (C=O) groups excluding carboxylic acids is 1. The molecule has 0 spiro atoms. The van der Waals surface area contributed by atoms with E-state index < -0.39 is 0 Å². The fraction of sp³-hybridized carbons (Fsp3) is 0.929. The van der Waals surface area contributed by atoms with Crippen molar-refractivity contribution in [3.05, 3.63) is 0 Å². The summed E-state index contributed by atoms with van der Waals surface area (Å²) in [6.45, 7) is 7.83. The maximum Gasteiger partial charge on any atom is 0.226 e. The van der Waals surface area contributed by atoms with Crippen molar-refractivity contribution in [3.63, 3.8) is 0 Å². The average Bonchev–Trinajstić information content (AvgIpc) is 2.50. The van der Waals surface area contributed by atoms with Gasteiger partial charge in [0.2, 0.25) is 5.91 Å². The minimum absolute atomic E-state index is 0.00868. The first kappa shape index (κ1) is 10.6. The van der Waals surface area contributed by atoms with Gasteiger partial charge in [0.25, 0.3) is 0 Å². The Morgan fingerprint density at radius 1 is 1.38 bits per heavy atom. The Morgan fingerprint density at radius 2 is 2.06 bits per heavy atom. The molecule has 2 unspecified atom stereocenters. The maximum absolute atomic E-state index is 12.3. The molecular formula is C14H23NO. The molecule has 16 heavy (non-hydrogen) atoms. The fourth-order valence-electron chi connectivity index (χ4n) is 5.07. The molecule has 0 aromatic heterocycles. The number of nitrogens with one attached hydrogen (secondary N) is 1. The van der Waals surface area contributed by atoms with Gasteiger partial charge in [-0.15, -0.1) is 0 Å². The predicted octanol–water partition coefficient (Wildman–Crippen LogP) is 2.58. The van der Waals surface area contributed by atoms with Crippen LogP contribution in [0.2, 0.25) is 0 Å². The van der Waals surface area contributed by atoms with Crippen LogP contribution in [-0.4, -0.2) is 12.5 Å². The van der Waals surface area contributed by atoms with Crippen molar-refractivity contribution in [2.75, 3.05) is 6.54 Å². The van der Waals surface area contributed by atoms with Gasteiger partial charge in [-0.25, -0.2) is 0 Å². The highest BCUT2D eigenvalue weighted by Crippen LogP contribution is 2.73. The van der Waals surface area contributed by atoms with Crippen LogP contribution in [0.3, 0.4) is 0 Å². The molecule has 2 saturated carbocycles. The molecule has 1 heterocycles. The van der Waals surface area contributed by atoms with Crippen molar-refractivity contribution < 1.29 is 4.79 Å². The maximum atomic E-state index is 12.3. The molecule has 1 amide bonds. The third-order valence-corrected chi connectivity index (χ3v) is 5.89. The van der Waals surface area contributed by atoms with Gasteiger partial charge in [0, 0.05) is 6.54 Å². The minimum Gasteiger partial charge on any atom is -0.355 e. The van der Waals surface area contributed by atoms with Crippen molar-refractivity contribution in [1.29, 1.82) is 0 Å². The quantitative estimate of drug-likeness (QED) is 0.763. The lowest BCUT2D eigenvalue weighted by Crippen LogP contribution is -2.69. The lowest BCUT2D eigenvalue weighted by atomic mass is 9.40. The van der Waals surface area contributed by atoms with Crippen LogP contribution in [0.4, 0.5) is 0 Å². The van der Waals surface area contributed by atoms with Gasteiger partial charge in [-0.05, 0) is 48.9 Å². The third kappa shape index (κ3) is 0.970. The van der Waals surface area contributed by atoms with Gasteiger partial charge in [0.15, 0.2) is 0 Å². The van der Waals surface area contributed by atoms with Gasteiger partial charge < -0.3 is 5.32 Å². The van der Waals surface area contributed by atoms with Crippen LogP contribution in [0.5, 0.6) is 0 Å². The summed E-state index contributed by atoms with van der Waals surface area (Å²) in [5, 5.41) is 3.17. The summed E-state index contributed by atoms with van der Waals surface area (Å²) in [7, 11) is 0. The summed E-state index contributed by atoms with van der Waals surface area (Å²) in [5.41, 5.74) is 0.324. The van der Waals surface area contributed by atoms with Gasteiger partial charge in [-0.2, -0.15) is 0 Å². The van der Waals surface area contributed by atoms with Crippen LogP contribution in [-0.2, 0) is 4.79 Å². The number of piperidine rings is 1. The van der Waals surface area contributed by atoms with E-state index in [1.54, 1.807) is 0 Å². The molecule has 3 rings (SSSR count). The predicted molar refractivity (Wildman–Crippen MR) is 63.8 cm³/mol. The summed E-state index contributed by atoms with van der Waals surface area (Å²) in [6.07, 6.45) is 4.93. The van der Waals surface area contributed by atoms with Crippen LogP contribution in [0, 0.1) is 28.6 Å². The summed E-state index contributed by atoms with van der Waals surface area (Å²) in [4.78, 5) is 12.3. The zero-order valence-electron chi connectivity index (χ0n) is 10.7. The van der Waals surface area contributed by atoms with Crippen LogP contribution in [0.15, 0.2) is 0 Å². The lowest BCUT2D eigenvalue weighted by Gasteiger charge is -2.64. The van der Waals surface area contributed by atoms with Crippen molar-refractivity contribution >= 4 is 5.91 Å². The first-order valence-corrected chi connectivity index (χ1v) is 6.79. The number of hydrogen-bond acceptors (Lipinski definition) is 1. The standard InChI is InChI=1S/C14H23NO/c1-9(2)6-14-7-10-4-5-11(13(10,14)3)8-15-12(14)16/h9-11H,4-8H2,1-3H3,(H,15,16)/t10?,11?,13-,14+/m0/s1. The number of rotatable bonds is 2. The Hall–Kier alpha value is -0.530. The second-order valence-electron chi connectivity index (χ2n) is 6.85. The Morgan fingerprint density at radius 3 is 2.75 bits per heavy atom. The minimum atomic E-state index is -0.00868. The van der Waals surface area contributed by atoms with Crippen LogP contribution in [0.1, 0.15) is 46.5 Å². The molecule has 90 valence electrons. The number of carbonyl (C=O) groups is 1. The molecule has 2 heteroatoms. The second kappa shape index (κ2) is 3.02. The first-order chi connectivity index (χ1) is 7.50. The van der Waals surface area contributed by atoms with Crippen molar-refractivity contribution in [3.8, 4) is 0 Å². The average molecular weight is 221 g/mol. The molecule has 0 radical (unpaired) electrons. The van der Waals surface area contributed by atoms with E-state index in [1.807, 2.05) is 0 Å². The highest BCUT2D eigenvalue weighted by atomic mass is 16.2.